The van der Waals surface area contributed by atoms with E-state index in [-0.39, 0.29) is 10.9 Å². The van der Waals surface area contributed by atoms with Crippen LogP contribution in [-0.4, -0.2) is 14.9 Å². The zero-order chi connectivity index (χ0) is 22.7. The van der Waals surface area contributed by atoms with Crippen LogP contribution in [0, 0.1) is 29.1 Å². The lowest BCUT2D eigenvalue weighted by molar-refractivity contribution is 0.367. The third-order valence-electron chi connectivity index (χ3n) is 4.85. The molecule has 10 heteroatoms. The molecule has 0 radical (unpaired) electrons. The van der Waals surface area contributed by atoms with E-state index in [1.54, 1.807) is 0 Å². The summed E-state index contributed by atoms with van der Waals surface area (Å²) >= 11 is 5.22. The number of nitrogens with one attached hydrogen (secondary N) is 2. The monoisotopic (exact) mass is 454 g/mol. The molecule has 164 valence electrons. The zero-order valence-corrected chi connectivity index (χ0v) is 17.5. The van der Waals surface area contributed by atoms with Crippen molar-refractivity contribution in [3.05, 3.63) is 76.7 Å². The number of hydrogen-bond acceptors (Lipinski definition) is 2. The smallest absolute Gasteiger partial charge is 0.200 e. The van der Waals surface area contributed by atoms with Gasteiger partial charge in [-0.15, -0.1) is 0 Å². The first kappa shape index (κ1) is 22.7. The lowest BCUT2D eigenvalue weighted by Gasteiger charge is -2.12. The van der Waals surface area contributed by atoms with Crippen LogP contribution < -0.4 is 10.6 Å². The van der Waals surface area contributed by atoms with Gasteiger partial charge in [0.25, 0.3) is 0 Å². The molecule has 1 aromatic heterocycles. The van der Waals surface area contributed by atoms with Gasteiger partial charge >= 0.3 is 0 Å². The second-order valence-corrected chi connectivity index (χ2v) is 7.37. The van der Waals surface area contributed by atoms with Crippen LogP contribution in [0.1, 0.15) is 37.3 Å². The Morgan fingerprint density at radius 1 is 0.935 bits per heavy atom. The van der Waals surface area contributed by atoms with Crippen LogP contribution in [0.3, 0.4) is 0 Å². The van der Waals surface area contributed by atoms with Crippen LogP contribution in [0.25, 0.3) is 0 Å². The Balaban J connectivity index is 1.66. The number of rotatable bonds is 6. The summed E-state index contributed by atoms with van der Waals surface area (Å²) in [6.07, 6.45) is 2.35. The predicted molar refractivity (Wildman–Crippen MR) is 113 cm³/mol. The number of thiocarbonyl (C=S) groups is 1. The first-order valence-electron chi connectivity index (χ1n) is 9.43. The number of hydrogen-bond donors (Lipinski definition) is 2. The van der Waals surface area contributed by atoms with Crippen molar-refractivity contribution in [3.63, 3.8) is 0 Å². The second-order valence-electron chi connectivity index (χ2n) is 6.96. The molecule has 3 aromatic rings. The van der Waals surface area contributed by atoms with E-state index in [4.69, 9.17) is 12.2 Å². The molecule has 0 amide bonds. The van der Waals surface area contributed by atoms with Gasteiger partial charge in [-0.2, -0.15) is 5.10 Å². The van der Waals surface area contributed by atoms with E-state index in [1.807, 2.05) is 24.3 Å². The Bertz CT molecular complexity index is 1070. The Morgan fingerprint density at radius 2 is 1.52 bits per heavy atom. The van der Waals surface area contributed by atoms with Crippen molar-refractivity contribution in [2.45, 2.75) is 32.7 Å². The van der Waals surface area contributed by atoms with Gasteiger partial charge in [-0.1, -0.05) is 26.0 Å². The second kappa shape index (κ2) is 9.42. The minimum Gasteiger partial charge on any atom is -0.332 e. The number of halogens is 5. The Morgan fingerprint density at radius 3 is 2.10 bits per heavy atom. The summed E-state index contributed by atoms with van der Waals surface area (Å²) in [5, 5.41) is 10.0. The Labute approximate surface area is 181 Å². The molecule has 4 nitrogen and oxygen atoms in total. The Hall–Kier alpha value is -3.01. The molecule has 1 heterocycles. The van der Waals surface area contributed by atoms with E-state index in [0.717, 1.165) is 16.8 Å². The topological polar surface area (TPSA) is 41.9 Å². The van der Waals surface area contributed by atoms with Crippen LogP contribution >= 0.6 is 12.2 Å². The minimum atomic E-state index is -2.20. The minimum absolute atomic E-state index is 0.220. The van der Waals surface area contributed by atoms with Crippen molar-refractivity contribution in [1.29, 1.82) is 0 Å². The summed E-state index contributed by atoms with van der Waals surface area (Å²) in [5.74, 6) is -9.29. The van der Waals surface area contributed by atoms with Gasteiger partial charge in [0.2, 0.25) is 5.82 Å². The maximum atomic E-state index is 13.8. The van der Waals surface area contributed by atoms with Gasteiger partial charge in [0.1, 0.15) is 0 Å². The average Bonchev–Trinajstić information content (AvgIpc) is 3.20. The molecule has 0 bridgehead atoms. The molecule has 1 atom stereocenters. The molecule has 2 N–H and O–H groups in total. The van der Waals surface area contributed by atoms with Crippen molar-refractivity contribution >= 4 is 28.8 Å². The van der Waals surface area contributed by atoms with Gasteiger partial charge < -0.3 is 10.6 Å². The molecule has 0 aliphatic carbocycles. The SMILES string of the molecule is CC[C@@H](C)c1ccc(NC(=S)Nc2ccn(Cc3c(F)c(F)c(F)c(F)c3F)n2)cc1. The molecule has 2 aromatic carbocycles. The molecule has 0 saturated heterocycles. The molecule has 3 rings (SSSR count). The van der Waals surface area contributed by atoms with E-state index < -0.39 is 41.2 Å². The molecule has 31 heavy (non-hydrogen) atoms. The largest absolute Gasteiger partial charge is 0.332 e. The summed E-state index contributed by atoms with van der Waals surface area (Å²) in [5.41, 5.74) is 0.984. The van der Waals surface area contributed by atoms with Crippen molar-refractivity contribution in [3.8, 4) is 0 Å². The van der Waals surface area contributed by atoms with Crippen molar-refractivity contribution in [2.75, 3.05) is 10.6 Å². The standard InChI is InChI=1S/C21H19F5N4S/c1-3-11(2)12-4-6-13(7-5-12)27-21(31)28-15-8-9-30(29-15)10-14-16(22)18(24)20(26)19(25)17(14)23/h4-9,11H,3,10H2,1-2H3,(H2,27,28,29,31)/t11-/m1/s1. The van der Waals surface area contributed by atoms with Crippen LogP contribution in [0.5, 0.6) is 0 Å². The normalized spacial score (nSPS) is 12.0. The third-order valence-corrected chi connectivity index (χ3v) is 5.06. The van der Waals surface area contributed by atoms with Gasteiger partial charge in [0, 0.05) is 18.0 Å². The van der Waals surface area contributed by atoms with Crippen LogP contribution in [0.4, 0.5) is 33.5 Å². The number of anilines is 2. The number of benzene rings is 2. The van der Waals surface area contributed by atoms with E-state index >= 15 is 0 Å². The molecular weight excluding hydrogens is 435 g/mol. The van der Waals surface area contributed by atoms with E-state index in [2.05, 4.69) is 29.6 Å². The van der Waals surface area contributed by atoms with Crippen LogP contribution in [0.2, 0.25) is 0 Å². The summed E-state index contributed by atoms with van der Waals surface area (Å²) in [6, 6.07) is 9.22. The summed E-state index contributed by atoms with van der Waals surface area (Å²) in [4.78, 5) is 0. The van der Waals surface area contributed by atoms with Gasteiger partial charge in [-0.05, 0) is 42.3 Å². The van der Waals surface area contributed by atoms with Crippen LogP contribution in [0.15, 0.2) is 36.5 Å². The van der Waals surface area contributed by atoms with Gasteiger partial charge in [-0.3, -0.25) is 4.68 Å². The Kier molecular flexibility index (Phi) is 6.89. The van der Waals surface area contributed by atoms with Gasteiger partial charge in [0.15, 0.2) is 34.2 Å². The van der Waals surface area contributed by atoms with E-state index in [1.165, 1.54) is 17.8 Å². The number of aromatic nitrogens is 2. The molecule has 0 unspecified atom stereocenters. The summed E-state index contributed by atoms with van der Waals surface area (Å²) in [6.45, 7) is 3.60. The fourth-order valence-corrected chi connectivity index (χ4v) is 3.10. The lowest BCUT2D eigenvalue weighted by atomic mass is 9.99. The molecule has 0 aliphatic heterocycles. The average molecular weight is 454 g/mol. The highest BCUT2D eigenvalue weighted by molar-refractivity contribution is 7.80. The molecule has 0 aliphatic rings. The van der Waals surface area contributed by atoms with Crippen molar-refractivity contribution in [2.24, 2.45) is 0 Å². The summed E-state index contributed by atoms with van der Waals surface area (Å²) in [7, 11) is 0. The highest BCUT2D eigenvalue weighted by Gasteiger charge is 2.25. The molecular formula is C21H19F5N4S. The van der Waals surface area contributed by atoms with Crippen molar-refractivity contribution in [1.82, 2.24) is 9.78 Å². The predicted octanol–water partition coefficient (Wildman–Crippen LogP) is 5.95. The fraction of sp³-hybridized carbons (Fsp3) is 0.238. The molecule has 0 saturated carbocycles. The third kappa shape index (κ3) is 5.01. The van der Waals surface area contributed by atoms with Gasteiger partial charge in [-0.25, -0.2) is 22.0 Å². The maximum Gasteiger partial charge on any atom is 0.200 e. The zero-order valence-electron chi connectivity index (χ0n) is 16.6. The van der Waals surface area contributed by atoms with Crippen LogP contribution in [-0.2, 0) is 6.54 Å². The maximum absolute atomic E-state index is 13.8. The van der Waals surface area contributed by atoms with Gasteiger partial charge in [0.05, 0.1) is 12.1 Å². The van der Waals surface area contributed by atoms with Crippen molar-refractivity contribution < 1.29 is 22.0 Å². The fourth-order valence-electron chi connectivity index (χ4n) is 2.88. The molecule has 0 fully saturated rings. The van der Waals surface area contributed by atoms with E-state index in [0.29, 0.717) is 5.92 Å². The quantitative estimate of drug-likeness (QED) is 0.209. The number of nitrogens with zero attached hydrogens (tertiary/aromatic N) is 2. The highest BCUT2D eigenvalue weighted by Crippen LogP contribution is 2.24. The summed E-state index contributed by atoms with van der Waals surface area (Å²) < 4.78 is 68.6. The highest BCUT2D eigenvalue weighted by atomic mass is 32.1. The van der Waals surface area contributed by atoms with E-state index in [9.17, 15) is 22.0 Å². The molecule has 0 spiro atoms. The first-order valence-corrected chi connectivity index (χ1v) is 9.83. The first-order chi connectivity index (χ1) is 14.7. The lowest BCUT2D eigenvalue weighted by Crippen LogP contribution is -2.19.